The Morgan fingerprint density at radius 1 is 1.15 bits per heavy atom. The second kappa shape index (κ2) is 6.73. The predicted molar refractivity (Wildman–Crippen MR) is 80.5 cm³/mol. The van der Waals surface area contributed by atoms with Crippen molar-refractivity contribution in [2.45, 2.75) is 32.9 Å². The van der Waals surface area contributed by atoms with E-state index in [2.05, 4.69) is 4.90 Å². The molecular formula is C17H23NO2. The van der Waals surface area contributed by atoms with E-state index in [-0.39, 0.29) is 0 Å². The Labute approximate surface area is 120 Å². The zero-order chi connectivity index (χ0) is 14.5. The normalized spacial score (nSPS) is 12.8. The molecule has 1 atom stereocenters. The minimum atomic E-state index is -0.406. The third kappa shape index (κ3) is 3.95. The lowest BCUT2D eigenvalue weighted by molar-refractivity contribution is 0.145. The van der Waals surface area contributed by atoms with Crippen molar-refractivity contribution in [2.24, 2.45) is 0 Å². The molecule has 1 aromatic heterocycles. The topological polar surface area (TPSA) is 36.6 Å². The van der Waals surface area contributed by atoms with Crippen LogP contribution in [0, 0.1) is 13.8 Å². The van der Waals surface area contributed by atoms with Crippen LogP contribution < -0.4 is 0 Å². The largest absolute Gasteiger partial charge is 0.465 e. The van der Waals surface area contributed by atoms with Gasteiger partial charge in [0.2, 0.25) is 0 Å². The number of benzene rings is 1. The van der Waals surface area contributed by atoms with Crippen molar-refractivity contribution in [3.05, 3.63) is 59.0 Å². The summed E-state index contributed by atoms with van der Waals surface area (Å²) in [7, 11) is 2.04. The van der Waals surface area contributed by atoms with Gasteiger partial charge in [-0.05, 0) is 50.6 Å². The molecule has 0 aliphatic heterocycles. The summed E-state index contributed by atoms with van der Waals surface area (Å²) in [5.41, 5.74) is 2.17. The van der Waals surface area contributed by atoms with Crippen molar-refractivity contribution in [3.8, 4) is 0 Å². The molecule has 0 aliphatic rings. The van der Waals surface area contributed by atoms with E-state index >= 15 is 0 Å². The zero-order valence-electron chi connectivity index (χ0n) is 12.5. The number of aliphatic hydroxyl groups excluding tert-OH is 1. The van der Waals surface area contributed by atoms with Crippen LogP contribution in [0.15, 0.2) is 40.8 Å². The third-order valence-electron chi connectivity index (χ3n) is 3.55. The minimum absolute atomic E-state index is 0.406. The molecule has 0 amide bonds. The minimum Gasteiger partial charge on any atom is -0.465 e. The van der Waals surface area contributed by atoms with E-state index in [1.807, 2.05) is 57.3 Å². The predicted octanol–water partition coefficient (Wildman–Crippen LogP) is 3.45. The number of aliphatic hydroxyl groups is 1. The van der Waals surface area contributed by atoms with Crippen molar-refractivity contribution in [2.75, 3.05) is 13.6 Å². The highest BCUT2D eigenvalue weighted by Gasteiger charge is 2.11. The van der Waals surface area contributed by atoms with Gasteiger partial charge in [-0.25, -0.2) is 0 Å². The van der Waals surface area contributed by atoms with Gasteiger partial charge in [-0.1, -0.05) is 24.3 Å². The van der Waals surface area contributed by atoms with Crippen LogP contribution in [-0.4, -0.2) is 23.6 Å². The second-order valence-electron chi connectivity index (χ2n) is 5.41. The molecule has 1 unspecified atom stereocenters. The fourth-order valence-electron chi connectivity index (χ4n) is 2.37. The van der Waals surface area contributed by atoms with Gasteiger partial charge in [0.25, 0.3) is 0 Å². The summed E-state index contributed by atoms with van der Waals surface area (Å²) in [6, 6.07) is 12.0. The second-order valence-corrected chi connectivity index (χ2v) is 5.41. The summed E-state index contributed by atoms with van der Waals surface area (Å²) >= 11 is 0. The van der Waals surface area contributed by atoms with Gasteiger partial charge in [-0.3, -0.25) is 4.90 Å². The van der Waals surface area contributed by atoms with Crippen molar-refractivity contribution >= 4 is 0 Å². The van der Waals surface area contributed by atoms with Crippen molar-refractivity contribution in [3.63, 3.8) is 0 Å². The Bertz CT molecular complexity index is 547. The lowest BCUT2D eigenvalue weighted by Gasteiger charge is -2.19. The number of hydrogen-bond donors (Lipinski definition) is 1. The van der Waals surface area contributed by atoms with Crippen LogP contribution >= 0.6 is 0 Å². The quantitative estimate of drug-likeness (QED) is 0.875. The molecule has 3 heteroatoms. The van der Waals surface area contributed by atoms with E-state index in [1.165, 1.54) is 0 Å². The summed E-state index contributed by atoms with van der Waals surface area (Å²) in [5, 5.41) is 10.3. The van der Waals surface area contributed by atoms with Crippen LogP contribution in [0.1, 0.15) is 35.2 Å². The first-order valence-corrected chi connectivity index (χ1v) is 7.03. The maximum Gasteiger partial charge on any atom is 0.118 e. The van der Waals surface area contributed by atoms with Crippen LogP contribution in [0.5, 0.6) is 0 Å². The van der Waals surface area contributed by atoms with Gasteiger partial charge in [-0.15, -0.1) is 0 Å². The van der Waals surface area contributed by atoms with E-state index in [0.717, 1.165) is 42.2 Å². The van der Waals surface area contributed by atoms with Crippen molar-refractivity contribution in [1.82, 2.24) is 4.90 Å². The molecule has 0 fully saturated rings. The number of nitrogens with zero attached hydrogens (tertiary/aromatic N) is 1. The number of hydrogen-bond acceptors (Lipinski definition) is 3. The molecule has 2 aromatic rings. The highest BCUT2D eigenvalue weighted by molar-refractivity contribution is 5.27. The summed E-state index contributed by atoms with van der Waals surface area (Å²) in [4.78, 5) is 2.17. The van der Waals surface area contributed by atoms with Gasteiger partial charge >= 0.3 is 0 Å². The van der Waals surface area contributed by atoms with Crippen LogP contribution in [0.3, 0.4) is 0 Å². The van der Waals surface area contributed by atoms with Crippen molar-refractivity contribution in [1.29, 1.82) is 0 Å². The molecule has 1 N–H and O–H groups in total. The Morgan fingerprint density at radius 2 is 1.90 bits per heavy atom. The molecule has 20 heavy (non-hydrogen) atoms. The Balaban J connectivity index is 1.84. The van der Waals surface area contributed by atoms with E-state index in [1.54, 1.807) is 0 Å². The van der Waals surface area contributed by atoms with E-state index < -0.39 is 6.10 Å². The van der Waals surface area contributed by atoms with Gasteiger partial charge in [0.05, 0.1) is 12.6 Å². The fraction of sp³-hybridized carbons (Fsp3) is 0.412. The first-order valence-electron chi connectivity index (χ1n) is 7.03. The molecule has 0 radical (unpaired) electrons. The van der Waals surface area contributed by atoms with E-state index in [9.17, 15) is 5.11 Å². The third-order valence-corrected chi connectivity index (χ3v) is 3.55. The smallest absolute Gasteiger partial charge is 0.118 e. The average Bonchev–Trinajstić information content (AvgIpc) is 2.82. The Kier molecular flexibility index (Phi) is 4.99. The van der Waals surface area contributed by atoms with Crippen LogP contribution in [0.2, 0.25) is 0 Å². The maximum absolute atomic E-state index is 10.3. The van der Waals surface area contributed by atoms with Gasteiger partial charge in [0.15, 0.2) is 0 Å². The molecule has 0 saturated heterocycles. The van der Waals surface area contributed by atoms with Gasteiger partial charge in [0, 0.05) is 6.54 Å². The highest BCUT2D eigenvalue weighted by Crippen LogP contribution is 2.20. The molecule has 0 saturated carbocycles. The maximum atomic E-state index is 10.3. The first-order chi connectivity index (χ1) is 9.56. The molecule has 0 aliphatic carbocycles. The zero-order valence-corrected chi connectivity index (χ0v) is 12.5. The first kappa shape index (κ1) is 14.8. The molecule has 1 heterocycles. The standard InChI is InChI=1S/C17H23NO2/c1-13-6-4-5-7-16(13)17(19)10-11-18(3)12-15-9-8-14(2)20-15/h4-9,17,19H,10-12H2,1-3H3. The molecule has 1 aromatic carbocycles. The molecule has 0 bridgehead atoms. The number of rotatable bonds is 6. The molecule has 2 rings (SSSR count). The monoisotopic (exact) mass is 273 g/mol. The van der Waals surface area contributed by atoms with Crippen LogP contribution in [0.4, 0.5) is 0 Å². The van der Waals surface area contributed by atoms with Crippen molar-refractivity contribution < 1.29 is 9.52 Å². The fourth-order valence-corrected chi connectivity index (χ4v) is 2.37. The van der Waals surface area contributed by atoms with E-state index in [0.29, 0.717) is 0 Å². The number of furan rings is 1. The van der Waals surface area contributed by atoms with Crippen LogP contribution in [0.25, 0.3) is 0 Å². The SMILES string of the molecule is Cc1ccc(CN(C)CCC(O)c2ccccc2C)o1. The highest BCUT2D eigenvalue weighted by atomic mass is 16.3. The average molecular weight is 273 g/mol. The van der Waals surface area contributed by atoms with Gasteiger partial charge in [-0.2, -0.15) is 0 Å². The summed E-state index contributed by atoms with van der Waals surface area (Å²) in [5.74, 6) is 1.91. The molecule has 0 spiro atoms. The summed E-state index contributed by atoms with van der Waals surface area (Å²) in [6.07, 6.45) is 0.318. The Hall–Kier alpha value is -1.58. The molecule has 108 valence electrons. The summed E-state index contributed by atoms with van der Waals surface area (Å²) < 4.78 is 5.56. The lowest BCUT2D eigenvalue weighted by Crippen LogP contribution is -2.20. The molecular weight excluding hydrogens is 250 g/mol. The number of aryl methyl sites for hydroxylation is 2. The molecule has 3 nitrogen and oxygen atoms in total. The summed E-state index contributed by atoms with van der Waals surface area (Å²) in [6.45, 7) is 5.59. The van der Waals surface area contributed by atoms with Crippen LogP contribution in [-0.2, 0) is 6.54 Å². The lowest BCUT2D eigenvalue weighted by atomic mass is 10.0. The van der Waals surface area contributed by atoms with Gasteiger partial charge in [0.1, 0.15) is 11.5 Å². The van der Waals surface area contributed by atoms with Gasteiger partial charge < -0.3 is 9.52 Å². The Morgan fingerprint density at radius 3 is 2.55 bits per heavy atom. The van der Waals surface area contributed by atoms with E-state index in [4.69, 9.17) is 4.42 Å².